The summed E-state index contributed by atoms with van der Waals surface area (Å²) in [5, 5.41) is 11.4. The molecular weight excluding hydrogens is 346 g/mol. The van der Waals surface area contributed by atoms with Crippen LogP contribution in [0.4, 0.5) is 14.5 Å². The second-order valence-electron chi connectivity index (χ2n) is 6.59. The highest BCUT2D eigenvalue weighted by Crippen LogP contribution is 2.46. The first-order valence-electron chi connectivity index (χ1n) is 8.40. The molecule has 1 aromatic heterocycles. The van der Waals surface area contributed by atoms with E-state index in [4.69, 9.17) is 0 Å². The molecule has 2 saturated carbocycles. The van der Waals surface area contributed by atoms with Gasteiger partial charge in [0, 0.05) is 18.0 Å². The summed E-state index contributed by atoms with van der Waals surface area (Å²) in [6, 6.07) is 3.52. The molecule has 132 valence electrons. The van der Waals surface area contributed by atoms with Gasteiger partial charge in [-0.2, -0.15) is 0 Å². The maximum atomic E-state index is 13.7. The summed E-state index contributed by atoms with van der Waals surface area (Å²) in [6.07, 6.45) is 4.53. The molecule has 1 heterocycles. The monoisotopic (exact) mass is 364 g/mol. The fourth-order valence-corrected chi connectivity index (χ4v) is 3.63. The molecule has 0 aliphatic heterocycles. The lowest BCUT2D eigenvalue weighted by molar-refractivity contribution is -0.115. The highest BCUT2D eigenvalue weighted by atomic mass is 32.2. The zero-order valence-corrected chi connectivity index (χ0v) is 14.5. The van der Waals surface area contributed by atoms with Gasteiger partial charge in [-0.25, -0.2) is 8.78 Å². The van der Waals surface area contributed by atoms with Gasteiger partial charge >= 0.3 is 0 Å². The predicted octanol–water partition coefficient (Wildman–Crippen LogP) is 3.89. The van der Waals surface area contributed by atoms with Crippen LogP contribution in [0.2, 0.25) is 0 Å². The Morgan fingerprint density at radius 2 is 2.04 bits per heavy atom. The number of hydrogen-bond donors (Lipinski definition) is 1. The Bertz CT molecular complexity index is 817. The van der Waals surface area contributed by atoms with Crippen molar-refractivity contribution in [2.24, 2.45) is 0 Å². The quantitative estimate of drug-likeness (QED) is 0.790. The lowest BCUT2D eigenvalue weighted by atomic mass is 10.3. The van der Waals surface area contributed by atoms with Crippen LogP contribution in [0.3, 0.4) is 0 Å². The molecule has 2 aliphatic carbocycles. The first kappa shape index (κ1) is 16.5. The molecule has 4 rings (SSSR count). The molecule has 0 saturated heterocycles. The number of benzene rings is 1. The highest BCUT2D eigenvalue weighted by Gasteiger charge is 2.37. The van der Waals surface area contributed by atoms with E-state index in [9.17, 15) is 13.6 Å². The average molecular weight is 364 g/mol. The molecule has 2 fully saturated rings. The Morgan fingerprint density at radius 3 is 2.68 bits per heavy atom. The normalized spacial score (nSPS) is 18.2. The van der Waals surface area contributed by atoms with Crippen LogP contribution in [-0.4, -0.2) is 25.9 Å². The van der Waals surface area contributed by atoms with E-state index in [2.05, 4.69) is 20.1 Å². The van der Waals surface area contributed by atoms with Gasteiger partial charge in [0.1, 0.15) is 17.5 Å². The minimum Gasteiger partial charge on any atom is -0.323 e. The van der Waals surface area contributed by atoms with Crippen molar-refractivity contribution >= 4 is 23.4 Å². The van der Waals surface area contributed by atoms with Crippen molar-refractivity contribution in [1.82, 2.24) is 14.8 Å². The lowest BCUT2D eigenvalue weighted by Crippen LogP contribution is -2.23. The van der Waals surface area contributed by atoms with Crippen LogP contribution in [0.15, 0.2) is 23.4 Å². The van der Waals surface area contributed by atoms with Crippen molar-refractivity contribution in [3.8, 4) is 0 Å². The summed E-state index contributed by atoms with van der Waals surface area (Å²) in [7, 11) is 0. The van der Waals surface area contributed by atoms with Crippen LogP contribution in [0.5, 0.6) is 0 Å². The second kappa shape index (κ2) is 6.40. The number of aromatic nitrogens is 3. The summed E-state index contributed by atoms with van der Waals surface area (Å²) in [5.41, 5.74) is -0.0267. The van der Waals surface area contributed by atoms with Crippen molar-refractivity contribution in [3.05, 3.63) is 35.7 Å². The molecule has 1 N–H and O–H groups in total. The van der Waals surface area contributed by atoms with E-state index in [-0.39, 0.29) is 11.6 Å². The molecule has 2 aliphatic rings. The van der Waals surface area contributed by atoms with Gasteiger partial charge in [0.05, 0.1) is 10.9 Å². The highest BCUT2D eigenvalue weighted by molar-refractivity contribution is 8.00. The van der Waals surface area contributed by atoms with Crippen LogP contribution in [-0.2, 0) is 4.79 Å². The van der Waals surface area contributed by atoms with Gasteiger partial charge in [-0.05, 0) is 44.7 Å². The van der Waals surface area contributed by atoms with Gasteiger partial charge in [-0.1, -0.05) is 11.8 Å². The van der Waals surface area contributed by atoms with Gasteiger partial charge in [-0.15, -0.1) is 10.2 Å². The van der Waals surface area contributed by atoms with Crippen molar-refractivity contribution in [3.63, 3.8) is 0 Å². The number of amides is 1. The smallest absolute Gasteiger partial charge is 0.237 e. The molecule has 0 bridgehead atoms. The topological polar surface area (TPSA) is 59.8 Å². The number of carbonyl (C=O) groups is 1. The Kier molecular flexibility index (Phi) is 4.23. The van der Waals surface area contributed by atoms with Gasteiger partial charge in [0.2, 0.25) is 5.91 Å². The fraction of sp³-hybridized carbons (Fsp3) is 0.471. The van der Waals surface area contributed by atoms with Crippen molar-refractivity contribution in [2.45, 2.75) is 55.0 Å². The predicted molar refractivity (Wildman–Crippen MR) is 90.6 cm³/mol. The summed E-state index contributed by atoms with van der Waals surface area (Å²) < 4.78 is 28.8. The third-order valence-corrected chi connectivity index (χ3v) is 5.44. The van der Waals surface area contributed by atoms with Crippen LogP contribution in [0.25, 0.3) is 0 Å². The molecule has 1 aromatic carbocycles. The molecule has 2 aromatic rings. The van der Waals surface area contributed by atoms with Gasteiger partial charge < -0.3 is 9.88 Å². The van der Waals surface area contributed by atoms with Crippen LogP contribution in [0.1, 0.15) is 50.4 Å². The average Bonchev–Trinajstić information content (AvgIpc) is 3.49. The van der Waals surface area contributed by atoms with Gasteiger partial charge in [0.15, 0.2) is 5.16 Å². The number of nitrogens with zero attached hydrogens (tertiary/aromatic N) is 3. The van der Waals surface area contributed by atoms with Gasteiger partial charge in [0.25, 0.3) is 0 Å². The van der Waals surface area contributed by atoms with Crippen molar-refractivity contribution < 1.29 is 13.6 Å². The molecule has 8 heteroatoms. The molecule has 5 nitrogen and oxygen atoms in total. The number of thioether (sulfide) groups is 1. The molecule has 25 heavy (non-hydrogen) atoms. The van der Waals surface area contributed by atoms with E-state index < -0.39 is 16.9 Å². The standard InChI is InChI=1S/C17H18F2N4OS/c1-9(16(24)20-14-7-4-11(18)8-13(14)19)25-17-22-21-15(10-2-3-10)23(17)12-5-6-12/h4,7-10,12H,2-3,5-6H2,1H3,(H,20,24). The van der Waals surface area contributed by atoms with Crippen LogP contribution >= 0.6 is 11.8 Å². The molecule has 1 atom stereocenters. The van der Waals surface area contributed by atoms with Crippen LogP contribution in [0, 0.1) is 11.6 Å². The lowest BCUT2D eigenvalue weighted by Gasteiger charge is -2.13. The Morgan fingerprint density at radius 1 is 1.28 bits per heavy atom. The number of rotatable bonds is 6. The molecular formula is C17H18F2N4OS. The molecule has 1 amide bonds. The number of nitrogens with one attached hydrogen (secondary N) is 1. The first-order chi connectivity index (χ1) is 12.0. The SMILES string of the molecule is CC(Sc1nnc(C2CC2)n1C1CC1)C(=O)Nc1ccc(F)cc1F. The number of carbonyl (C=O) groups excluding carboxylic acids is 1. The first-order valence-corrected chi connectivity index (χ1v) is 9.28. The van der Waals surface area contributed by atoms with Crippen LogP contribution < -0.4 is 5.32 Å². The summed E-state index contributed by atoms with van der Waals surface area (Å²) in [6.45, 7) is 1.74. The molecule has 0 radical (unpaired) electrons. The number of anilines is 1. The largest absolute Gasteiger partial charge is 0.323 e. The van der Waals surface area contributed by atoms with Crippen molar-refractivity contribution in [1.29, 1.82) is 0 Å². The molecule has 1 unspecified atom stereocenters. The third kappa shape index (κ3) is 3.53. The fourth-order valence-electron chi connectivity index (χ4n) is 2.70. The van der Waals surface area contributed by atoms with E-state index >= 15 is 0 Å². The van der Waals surface area contributed by atoms with E-state index in [1.54, 1.807) is 6.92 Å². The minimum atomic E-state index is -0.789. The summed E-state index contributed by atoms with van der Waals surface area (Å²) >= 11 is 1.32. The maximum Gasteiger partial charge on any atom is 0.237 e. The van der Waals surface area contributed by atoms with Crippen molar-refractivity contribution in [2.75, 3.05) is 5.32 Å². The van der Waals surface area contributed by atoms with E-state index in [1.165, 1.54) is 17.8 Å². The second-order valence-corrected chi connectivity index (χ2v) is 7.90. The summed E-state index contributed by atoms with van der Waals surface area (Å²) in [4.78, 5) is 12.4. The van der Waals surface area contributed by atoms with E-state index in [0.717, 1.165) is 48.8 Å². The number of halogens is 2. The van der Waals surface area contributed by atoms with Gasteiger partial charge in [-0.3, -0.25) is 4.79 Å². The van der Waals surface area contributed by atoms with E-state index in [1.807, 2.05) is 0 Å². The number of hydrogen-bond acceptors (Lipinski definition) is 4. The Balaban J connectivity index is 1.46. The minimum absolute atomic E-state index is 0.0267. The Hall–Kier alpha value is -1.96. The zero-order chi connectivity index (χ0) is 17.6. The zero-order valence-electron chi connectivity index (χ0n) is 13.7. The maximum absolute atomic E-state index is 13.7. The summed E-state index contributed by atoms with van der Waals surface area (Å²) in [5.74, 6) is -0.290. The van der Waals surface area contributed by atoms with E-state index in [0.29, 0.717) is 12.0 Å². The Labute approximate surface area is 148 Å². The third-order valence-electron chi connectivity index (χ3n) is 4.39. The molecule has 0 spiro atoms.